The maximum absolute atomic E-state index is 12.1. The summed E-state index contributed by atoms with van der Waals surface area (Å²) < 4.78 is 5.87. The van der Waals surface area contributed by atoms with Gasteiger partial charge in [-0.2, -0.15) is 0 Å². The number of amides is 3. The molecule has 1 fully saturated rings. The summed E-state index contributed by atoms with van der Waals surface area (Å²) in [7, 11) is 0. The molecule has 8 heteroatoms. The Morgan fingerprint density at radius 2 is 1.57 bits per heavy atom. The van der Waals surface area contributed by atoms with Crippen LogP contribution in [0.25, 0.3) is 0 Å². The fraction of sp³-hybridized carbons (Fsp3) is 0.769. The van der Waals surface area contributed by atoms with Gasteiger partial charge >= 0.3 is 12.0 Å². The van der Waals surface area contributed by atoms with E-state index in [9.17, 15) is 14.4 Å². The minimum atomic E-state index is -1.13. The van der Waals surface area contributed by atoms with Crippen molar-refractivity contribution in [3.05, 3.63) is 0 Å². The predicted molar refractivity (Wildman–Crippen MR) is 74.9 cm³/mol. The number of urea groups is 1. The normalized spacial score (nSPS) is 19.7. The fourth-order valence-electron chi connectivity index (χ4n) is 2.44. The molecule has 1 rings (SSSR count). The Kier molecular flexibility index (Phi) is 5.16. The topological polar surface area (TPSA) is 108 Å². The van der Waals surface area contributed by atoms with Gasteiger partial charge in [0.1, 0.15) is 6.54 Å². The number of nitrogens with zero attached hydrogens (tertiary/aromatic N) is 1. The second-order valence-corrected chi connectivity index (χ2v) is 6.31. The quantitative estimate of drug-likeness (QED) is 0.665. The molecular weight excluding hydrogens is 278 g/mol. The molecule has 0 aliphatic carbocycles. The van der Waals surface area contributed by atoms with Crippen molar-refractivity contribution < 1.29 is 24.2 Å². The summed E-state index contributed by atoms with van der Waals surface area (Å²) >= 11 is 0. The fourth-order valence-corrected chi connectivity index (χ4v) is 2.44. The second-order valence-electron chi connectivity index (χ2n) is 6.31. The van der Waals surface area contributed by atoms with Crippen LogP contribution in [0, 0.1) is 0 Å². The van der Waals surface area contributed by atoms with Crippen molar-refractivity contribution in [2.75, 3.05) is 26.2 Å². The molecule has 1 heterocycles. The van der Waals surface area contributed by atoms with Crippen molar-refractivity contribution in [2.45, 2.75) is 38.9 Å². The van der Waals surface area contributed by atoms with Crippen molar-refractivity contribution in [2.24, 2.45) is 0 Å². The van der Waals surface area contributed by atoms with Gasteiger partial charge in [0.2, 0.25) is 5.91 Å². The summed E-state index contributed by atoms with van der Waals surface area (Å²) in [5, 5.41) is 13.1. The third kappa shape index (κ3) is 5.99. The first-order chi connectivity index (χ1) is 9.51. The number of rotatable bonds is 4. The number of nitrogens with one attached hydrogen (secondary N) is 2. The third-order valence-corrected chi connectivity index (χ3v) is 2.82. The molecule has 8 nitrogen and oxygen atoms in total. The van der Waals surface area contributed by atoms with E-state index in [4.69, 9.17) is 9.84 Å². The zero-order chi connectivity index (χ0) is 16.3. The van der Waals surface area contributed by atoms with Crippen LogP contribution < -0.4 is 10.6 Å². The first-order valence-corrected chi connectivity index (χ1v) is 6.72. The van der Waals surface area contributed by atoms with Crippen LogP contribution in [0.1, 0.15) is 27.7 Å². The Labute approximate surface area is 123 Å². The largest absolute Gasteiger partial charge is 0.480 e. The molecule has 0 bridgehead atoms. The van der Waals surface area contributed by atoms with Crippen molar-refractivity contribution in [1.82, 2.24) is 15.5 Å². The van der Waals surface area contributed by atoms with Gasteiger partial charge in [-0.1, -0.05) is 0 Å². The first-order valence-electron chi connectivity index (χ1n) is 6.72. The standard InChI is InChI=1S/C13H23N3O5/c1-12(2)7-16(8-13(3,4)21-12)11(20)15-5-9(17)14-6-10(18)19/h5-8H2,1-4H3,(H,14,17)(H,15,20)(H,18,19). The van der Waals surface area contributed by atoms with Crippen molar-refractivity contribution in [3.63, 3.8) is 0 Å². The highest BCUT2D eigenvalue weighted by molar-refractivity contribution is 5.86. The summed E-state index contributed by atoms with van der Waals surface area (Å²) in [6, 6.07) is -0.370. The highest BCUT2D eigenvalue weighted by Gasteiger charge is 2.39. The molecular formula is C13H23N3O5. The SMILES string of the molecule is CC1(C)CN(C(=O)NCC(=O)NCC(=O)O)CC(C)(C)O1. The highest BCUT2D eigenvalue weighted by Crippen LogP contribution is 2.27. The molecule has 0 spiro atoms. The molecule has 0 unspecified atom stereocenters. The minimum Gasteiger partial charge on any atom is -0.480 e. The lowest BCUT2D eigenvalue weighted by atomic mass is 9.99. The minimum absolute atomic E-state index is 0.260. The number of carbonyl (C=O) groups excluding carboxylic acids is 2. The van der Waals surface area contributed by atoms with E-state index in [1.807, 2.05) is 27.7 Å². The van der Waals surface area contributed by atoms with Gasteiger partial charge in [0, 0.05) is 0 Å². The third-order valence-electron chi connectivity index (χ3n) is 2.82. The second kappa shape index (κ2) is 6.30. The Morgan fingerprint density at radius 3 is 2.05 bits per heavy atom. The Morgan fingerprint density at radius 1 is 1.05 bits per heavy atom. The van der Waals surface area contributed by atoms with Crippen LogP contribution in [0.15, 0.2) is 0 Å². The smallest absolute Gasteiger partial charge is 0.322 e. The average Bonchev–Trinajstić information content (AvgIpc) is 2.29. The summed E-state index contributed by atoms with van der Waals surface area (Å²) in [4.78, 5) is 35.3. The van der Waals surface area contributed by atoms with E-state index in [2.05, 4.69) is 10.6 Å². The van der Waals surface area contributed by atoms with Crippen LogP contribution in [0.3, 0.4) is 0 Å². The monoisotopic (exact) mass is 301 g/mol. The molecule has 1 aliphatic rings. The van der Waals surface area contributed by atoms with Crippen LogP contribution in [-0.2, 0) is 14.3 Å². The van der Waals surface area contributed by atoms with Gasteiger partial charge in [-0.25, -0.2) is 4.79 Å². The molecule has 0 atom stereocenters. The lowest BCUT2D eigenvalue weighted by Crippen LogP contribution is -2.60. The number of carboxylic acid groups (broad SMARTS) is 1. The molecule has 3 amide bonds. The molecule has 1 aliphatic heterocycles. The molecule has 0 aromatic carbocycles. The van der Waals surface area contributed by atoms with Crippen LogP contribution >= 0.6 is 0 Å². The summed E-state index contributed by atoms with van der Waals surface area (Å²) in [6.07, 6.45) is 0. The van der Waals surface area contributed by atoms with E-state index in [1.165, 1.54) is 0 Å². The lowest BCUT2D eigenvalue weighted by molar-refractivity contribution is -0.170. The van der Waals surface area contributed by atoms with Crippen LogP contribution in [0.2, 0.25) is 0 Å². The van der Waals surface area contributed by atoms with Crippen LogP contribution in [0.4, 0.5) is 4.79 Å². The highest BCUT2D eigenvalue weighted by atomic mass is 16.5. The number of ether oxygens (including phenoxy) is 1. The molecule has 0 saturated carbocycles. The Bertz CT molecular complexity index is 418. The summed E-state index contributed by atoms with van der Waals surface area (Å²) in [5.41, 5.74) is -0.935. The number of hydrogen-bond acceptors (Lipinski definition) is 4. The molecule has 1 saturated heterocycles. The van der Waals surface area contributed by atoms with Gasteiger partial charge in [-0.3, -0.25) is 9.59 Å². The van der Waals surface area contributed by atoms with Crippen molar-refractivity contribution in [3.8, 4) is 0 Å². The molecule has 3 N–H and O–H groups in total. The molecule has 21 heavy (non-hydrogen) atoms. The van der Waals surface area contributed by atoms with E-state index >= 15 is 0 Å². The van der Waals surface area contributed by atoms with Crippen LogP contribution in [-0.4, -0.2) is 65.3 Å². The van der Waals surface area contributed by atoms with Crippen LogP contribution in [0.5, 0.6) is 0 Å². The van der Waals surface area contributed by atoms with Gasteiger partial charge in [0.05, 0.1) is 30.8 Å². The lowest BCUT2D eigenvalue weighted by Gasteiger charge is -2.46. The molecule has 120 valence electrons. The Hall–Kier alpha value is -1.83. The Balaban J connectivity index is 2.48. The van der Waals surface area contributed by atoms with Crippen molar-refractivity contribution >= 4 is 17.9 Å². The molecule has 0 aromatic heterocycles. The van der Waals surface area contributed by atoms with Gasteiger partial charge in [0.25, 0.3) is 0 Å². The maximum atomic E-state index is 12.1. The molecule has 0 radical (unpaired) electrons. The number of morpholine rings is 1. The number of carboxylic acids is 1. The number of carbonyl (C=O) groups is 3. The summed E-state index contributed by atoms with van der Waals surface area (Å²) in [6.45, 7) is 7.69. The maximum Gasteiger partial charge on any atom is 0.322 e. The van der Waals surface area contributed by atoms with E-state index in [0.29, 0.717) is 13.1 Å². The van der Waals surface area contributed by atoms with E-state index in [1.54, 1.807) is 4.90 Å². The number of hydrogen-bond donors (Lipinski definition) is 3. The van der Waals surface area contributed by atoms with Gasteiger partial charge in [0.15, 0.2) is 0 Å². The summed E-state index contributed by atoms with van der Waals surface area (Å²) in [5.74, 6) is -1.68. The first kappa shape index (κ1) is 17.2. The van der Waals surface area contributed by atoms with Gasteiger partial charge in [-0.05, 0) is 27.7 Å². The zero-order valence-corrected chi connectivity index (χ0v) is 12.9. The van der Waals surface area contributed by atoms with Gasteiger partial charge in [-0.15, -0.1) is 0 Å². The van der Waals surface area contributed by atoms with E-state index in [0.717, 1.165) is 0 Å². The van der Waals surface area contributed by atoms with Crippen molar-refractivity contribution in [1.29, 1.82) is 0 Å². The zero-order valence-electron chi connectivity index (χ0n) is 12.9. The average molecular weight is 301 g/mol. The molecule has 0 aromatic rings. The van der Waals surface area contributed by atoms with E-state index in [-0.39, 0.29) is 12.6 Å². The van der Waals surface area contributed by atoms with E-state index < -0.39 is 29.6 Å². The predicted octanol–water partition coefficient (Wildman–Crippen LogP) is -0.214. The number of aliphatic carboxylic acids is 1. The van der Waals surface area contributed by atoms with Gasteiger partial charge < -0.3 is 25.4 Å².